The molecule has 1 aliphatic heterocycles. The van der Waals surface area contributed by atoms with Crippen LogP contribution in [0.25, 0.3) is 0 Å². The average Bonchev–Trinajstić information content (AvgIpc) is 2.94. The predicted octanol–water partition coefficient (Wildman–Crippen LogP) is 2.72. The van der Waals surface area contributed by atoms with E-state index in [9.17, 15) is 15.2 Å². The summed E-state index contributed by atoms with van der Waals surface area (Å²) in [7, 11) is 0. The van der Waals surface area contributed by atoms with Gasteiger partial charge in [-0.25, -0.2) is 0 Å². The summed E-state index contributed by atoms with van der Waals surface area (Å²) in [5.74, 6) is -0.219. The van der Waals surface area contributed by atoms with E-state index in [1.54, 1.807) is 6.07 Å². The molecule has 0 radical (unpaired) electrons. The van der Waals surface area contributed by atoms with E-state index in [-0.39, 0.29) is 12.0 Å². The van der Waals surface area contributed by atoms with Crippen LogP contribution in [0.5, 0.6) is 0 Å². The maximum Gasteiger partial charge on any atom is 0.272 e. The molecule has 130 valence electrons. The van der Waals surface area contributed by atoms with Gasteiger partial charge in [-0.05, 0) is 56.5 Å². The molecule has 1 fully saturated rings. The monoisotopic (exact) mass is 338 g/mol. The number of piperidine rings is 1. The van der Waals surface area contributed by atoms with Gasteiger partial charge < -0.3 is 20.3 Å². The van der Waals surface area contributed by atoms with Gasteiger partial charge in [-0.2, -0.15) is 5.26 Å². The third-order valence-corrected chi connectivity index (χ3v) is 4.56. The molecule has 0 aliphatic carbocycles. The van der Waals surface area contributed by atoms with Crippen LogP contribution in [0.3, 0.4) is 0 Å². The van der Waals surface area contributed by atoms with E-state index in [2.05, 4.69) is 21.3 Å². The number of carbonyl (C=O) groups is 1. The first-order chi connectivity index (χ1) is 12.0. The first-order valence-corrected chi connectivity index (χ1v) is 8.42. The number of nitrogens with zero attached hydrogens (tertiary/aromatic N) is 2. The Morgan fingerprint density at radius 2 is 2.04 bits per heavy atom. The Morgan fingerprint density at radius 3 is 2.64 bits per heavy atom. The Morgan fingerprint density at radius 1 is 1.32 bits per heavy atom. The Hall–Kier alpha value is -2.78. The van der Waals surface area contributed by atoms with Crippen LogP contribution in [0.4, 0.5) is 11.4 Å². The van der Waals surface area contributed by atoms with Crippen molar-refractivity contribution in [3.05, 3.63) is 46.8 Å². The molecule has 0 unspecified atom stereocenters. The van der Waals surface area contributed by atoms with Crippen molar-refractivity contribution in [3.63, 3.8) is 0 Å². The Kier molecular flexibility index (Phi) is 4.77. The SMILES string of the molecule is Cc1cc(C)c(C(=O)Nc2ccc(N3CCC(O)CC3)c(C#N)c2)[nH]1. The molecule has 25 heavy (non-hydrogen) atoms. The lowest BCUT2D eigenvalue weighted by atomic mass is 10.0. The summed E-state index contributed by atoms with van der Waals surface area (Å²) in [4.78, 5) is 17.6. The zero-order valence-corrected chi connectivity index (χ0v) is 14.5. The Labute approximate surface area is 147 Å². The third-order valence-electron chi connectivity index (χ3n) is 4.56. The third kappa shape index (κ3) is 3.67. The first-order valence-electron chi connectivity index (χ1n) is 8.42. The molecule has 2 heterocycles. The molecule has 6 heteroatoms. The maximum atomic E-state index is 12.4. The zero-order valence-electron chi connectivity index (χ0n) is 14.5. The van der Waals surface area contributed by atoms with Crippen molar-refractivity contribution in [2.75, 3.05) is 23.3 Å². The molecule has 2 aromatic rings. The van der Waals surface area contributed by atoms with Crippen molar-refractivity contribution in [3.8, 4) is 6.07 Å². The lowest BCUT2D eigenvalue weighted by Crippen LogP contribution is -2.36. The number of H-pyrrole nitrogens is 1. The van der Waals surface area contributed by atoms with E-state index < -0.39 is 0 Å². The van der Waals surface area contributed by atoms with Crippen LogP contribution < -0.4 is 10.2 Å². The van der Waals surface area contributed by atoms with E-state index in [1.807, 2.05) is 32.0 Å². The second-order valence-electron chi connectivity index (χ2n) is 6.53. The number of aromatic amines is 1. The Balaban J connectivity index is 1.79. The normalized spacial score (nSPS) is 15.0. The predicted molar refractivity (Wildman–Crippen MR) is 96.8 cm³/mol. The number of rotatable bonds is 3. The molecule has 0 spiro atoms. The first kappa shape index (κ1) is 17.1. The van der Waals surface area contributed by atoms with Crippen molar-refractivity contribution >= 4 is 17.3 Å². The number of hydrogen-bond donors (Lipinski definition) is 3. The van der Waals surface area contributed by atoms with E-state index >= 15 is 0 Å². The highest BCUT2D eigenvalue weighted by atomic mass is 16.3. The Bertz CT molecular complexity index is 826. The number of hydrogen-bond acceptors (Lipinski definition) is 4. The van der Waals surface area contributed by atoms with Crippen LogP contribution in [-0.4, -0.2) is 35.2 Å². The highest BCUT2D eigenvalue weighted by molar-refractivity contribution is 6.04. The number of benzene rings is 1. The summed E-state index contributed by atoms with van der Waals surface area (Å²) in [6, 6.07) is 9.50. The summed E-state index contributed by atoms with van der Waals surface area (Å²) in [5, 5.41) is 22.0. The van der Waals surface area contributed by atoms with Crippen LogP contribution >= 0.6 is 0 Å². The van der Waals surface area contributed by atoms with E-state index in [0.29, 0.717) is 29.8 Å². The standard InChI is InChI=1S/C19H22N4O2/c1-12-9-13(2)21-18(12)19(25)22-15-3-4-17(14(10-15)11-20)23-7-5-16(24)6-8-23/h3-4,9-10,16,21,24H,5-8H2,1-2H3,(H,22,25). The molecular weight excluding hydrogens is 316 g/mol. The molecule has 0 atom stereocenters. The van der Waals surface area contributed by atoms with E-state index in [0.717, 1.165) is 30.0 Å². The maximum absolute atomic E-state index is 12.4. The molecule has 6 nitrogen and oxygen atoms in total. The number of anilines is 2. The minimum Gasteiger partial charge on any atom is -0.393 e. The number of aromatic nitrogens is 1. The largest absolute Gasteiger partial charge is 0.393 e. The van der Waals surface area contributed by atoms with Gasteiger partial charge in [0.25, 0.3) is 5.91 Å². The highest BCUT2D eigenvalue weighted by Crippen LogP contribution is 2.27. The van der Waals surface area contributed by atoms with Crippen molar-refractivity contribution in [2.24, 2.45) is 0 Å². The molecule has 3 rings (SSSR count). The second-order valence-corrected chi connectivity index (χ2v) is 6.53. The molecule has 3 N–H and O–H groups in total. The molecule has 1 aliphatic rings. The van der Waals surface area contributed by atoms with Crippen molar-refractivity contribution in [2.45, 2.75) is 32.8 Å². The van der Waals surface area contributed by atoms with Gasteiger partial charge in [-0.1, -0.05) is 0 Å². The van der Waals surface area contributed by atoms with Crippen molar-refractivity contribution < 1.29 is 9.90 Å². The van der Waals surface area contributed by atoms with Gasteiger partial charge in [-0.15, -0.1) is 0 Å². The number of carbonyl (C=O) groups excluding carboxylic acids is 1. The van der Waals surface area contributed by atoms with Gasteiger partial charge in [0.1, 0.15) is 11.8 Å². The van der Waals surface area contributed by atoms with Crippen LogP contribution in [0, 0.1) is 25.2 Å². The summed E-state index contributed by atoms with van der Waals surface area (Å²) in [6.07, 6.45) is 1.15. The second kappa shape index (κ2) is 6.99. The summed E-state index contributed by atoms with van der Waals surface area (Å²) >= 11 is 0. The van der Waals surface area contributed by atoms with Gasteiger partial charge in [0.15, 0.2) is 0 Å². The number of nitrogens with one attached hydrogen (secondary N) is 2. The van der Waals surface area contributed by atoms with Gasteiger partial charge >= 0.3 is 0 Å². The fourth-order valence-electron chi connectivity index (χ4n) is 3.24. The number of nitriles is 1. The number of amides is 1. The minimum absolute atomic E-state index is 0.219. The molecule has 1 aromatic heterocycles. The summed E-state index contributed by atoms with van der Waals surface area (Å²) in [6.45, 7) is 5.24. The summed E-state index contributed by atoms with van der Waals surface area (Å²) in [5.41, 5.74) is 4.31. The molecule has 1 saturated heterocycles. The smallest absolute Gasteiger partial charge is 0.272 e. The lowest BCUT2D eigenvalue weighted by Gasteiger charge is -2.32. The van der Waals surface area contributed by atoms with Crippen LogP contribution in [0.1, 0.15) is 40.2 Å². The highest BCUT2D eigenvalue weighted by Gasteiger charge is 2.20. The number of aliphatic hydroxyl groups is 1. The van der Waals surface area contributed by atoms with E-state index in [1.165, 1.54) is 0 Å². The van der Waals surface area contributed by atoms with Gasteiger partial charge in [0, 0.05) is 24.5 Å². The van der Waals surface area contributed by atoms with E-state index in [4.69, 9.17) is 0 Å². The topological polar surface area (TPSA) is 92.2 Å². The fraction of sp³-hybridized carbons (Fsp3) is 0.368. The van der Waals surface area contributed by atoms with Gasteiger partial charge in [-0.3, -0.25) is 4.79 Å². The van der Waals surface area contributed by atoms with Crippen LogP contribution in [0.2, 0.25) is 0 Å². The van der Waals surface area contributed by atoms with Crippen molar-refractivity contribution in [1.29, 1.82) is 5.26 Å². The van der Waals surface area contributed by atoms with Crippen LogP contribution in [0.15, 0.2) is 24.3 Å². The molecular formula is C19H22N4O2. The lowest BCUT2D eigenvalue weighted by molar-refractivity contribution is 0.102. The molecule has 1 amide bonds. The minimum atomic E-state index is -0.257. The summed E-state index contributed by atoms with van der Waals surface area (Å²) < 4.78 is 0. The number of aliphatic hydroxyl groups excluding tert-OH is 1. The van der Waals surface area contributed by atoms with Gasteiger partial charge in [0.2, 0.25) is 0 Å². The zero-order chi connectivity index (χ0) is 18.0. The quantitative estimate of drug-likeness (QED) is 0.802. The average molecular weight is 338 g/mol. The van der Waals surface area contributed by atoms with Gasteiger partial charge in [0.05, 0.1) is 17.4 Å². The number of aryl methyl sites for hydroxylation is 2. The fourth-order valence-corrected chi connectivity index (χ4v) is 3.24. The van der Waals surface area contributed by atoms with Crippen molar-refractivity contribution in [1.82, 2.24) is 4.98 Å². The molecule has 0 bridgehead atoms. The molecule has 0 saturated carbocycles. The molecule has 1 aromatic carbocycles. The van der Waals surface area contributed by atoms with Crippen LogP contribution in [-0.2, 0) is 0 Å².